The summed E-state index contributed by atoms with van der Waals surface area (Å²) in [5.41, 5.74) is 0.0990. The second kappa shape index (κ2) is 9.38. The van der Waals surface area contributed by atoms with Crippen molar-refractivity contribution in [3.63, 3.8) is 0 Å². The van der Waals surface area contributed by atoms with Crippen molar-refractivity contribution in [2.24, 2.45) is 0 Å². The minimum Gasteiger partial charge on any atom is -0.351 e. The number of carbonyl (C=O) groups is 1. The highest BCUT2D eigenvalue weighted by atomic mass is 35.5. The van der Waals surface area contributed by atoms with Crippen LogP contribution >= 0.6 is 23.4 Å². The molecule has 0 unspecified atom stereocenters. The summed E-state index contributed by atoms with van der Waals surface area (Å²) in [5.74, 6) is 0.249. The van der Waals surface area contributed by atoms with Gasteiger partial charge in [0, 0.05) is 24.2 Å². The van der Waals surface area contributed by atoms with Crippen LogP contribution in [0.2, 0.25) is 5.02 Å². The molecular formula is C17H19ClN2O4S2. The zero-order valence-electron chi connectivity index (χ0n) is 14.3. The van der Waals surface area contributed by atoms with Crippen molar-refractivity contribution in [3.05, 3.63) is 59.1 Å². The van der Waals surface area contributed by atoms with E-state index < -0.39 is 15.9 Å². The number of benzene rings is 2. The molecule has 2 rings (SSSR count). The molecular weight excluding hydrogens is 396 g/mol. The number of hydroxylamine groups is 1. The highest BCUT2D eigenvalue weighted by Gasteiger charge is 2.23. The van der Waals surface area contributed by atoms with Crippen LogP contribution in [0.4, 0.5) is 0 Å². The zero-order valence-corrected chi connectivity index (χ0v) is 16.7. The van der Waals surface area contributed by atoms with Crippen LogP contribution in [0.5, 0.6) is 0 Å². The first kappa shape index (κ1) is 20.7. The lowest BCUT2D eigenvalue weighted by molar-refractivity contribution is -0.0258. The molecule has 6 nitrogen and oxygen atoms in total. The molecule has 0 fully saturated rings. The van der Waals surface area contributed by atoms with Gasteiger partial charge in [-0.05, 0) is 30.3 Å². The summed E-state index contributed by atoms with van der Waals surface area (Å²) in [5, 5.41) is 2.93. The van der Waals surface area contributed by atoms with Gasteiger partial charge in [0.1, 0.15) is 0 Å². The smallest absolute Gasteiger partial charge is 0.264 e. The van der Waals surface area contributed by atoms with Gasteiger partial charge in [-0.15, -0.1) is 11.8 Å². The van der Waals surface area contributed by atoms with Crippen molar-refractivity contribution in [1.29, 1.82) is 0 Å². The number of halogens is 1. The summed E-state index contributed by atoms with van der Waals surface area (Å²) >= 11 is 7.67. The molecule has 0 saturated heterocycles. The molecule has 0 aliphatic rings. The molecule has 1 N–H and O–H groups in total. The quantitative estimate of drug-likeness (QED) is 0.408. The van der Waals surface area contributed by atoms with Crippen LogP contribution in [0.3, 0.4) is 0 Å². The number of nitrogens with one attached hydrogen (secondary N) is 1. The third-order valence-electron chi connectivity index (χ3n) is 3.48. The lowest BCUT2D eigenvalue weighted by atomic mass is 10.2. The predicted molar refractivity (Wildman–Crippen MR) is 103 cm³/mol. The first-order valence-electron chi connectivity index (χ1n) is 7.65. The summed E-state index contributed by atoms with van der Waals surface area (Å²) in [4.78, 5) is 18.1. The third kappa shape index (κ3) is 5.21. The summed E-state index contributed by atoms with van der Waals surface area (Å²) < 4.78 is 25.3. The van der Waals surface area contributed by atoms with Gasteiger partial charge in [0.25, 0.3) is 15.9 Å². The molecule has 0 atom stereocenters. The average molecular weight is 415 g/mol. The fourth-order valence-electron chi connectivity index (χ4n) is 2.03. The monoisotopic (exact) mass is 414 g/mol. The molecule has 0 aliphatic heterocycles. The van der Waals surface area contributed by atoms with E-state index in [0.717, 1.165) is 4.90 Å². The van der Waals surface area contributed by atoms with Crippen LogP contribution in [0, 0.1) is 0 Å². The van der Waals surface area contributed by atoms with E-state index in [2.05, 4.69) is 5.32 Å². The number of amides is 1. The van der Waals surface area contributed by atoms with E-state index in [-0.39, 0.29) is 15.5 Å². The van der Waals surface area contributed by atoms with Crippen LogP contribution in [-0.4, -0.2) is 45.2 Å². The van der Waals surface area contributed by atoms with E-state index in [1.165, 1.54) is 32.4 Å². The Hall–Kier alpha value is -1.58. The highest BCUT2D eigenvalue weighted by molar-refractivity contribution is 7.99. The predicted octanol–water partition coefficient (Wildman–Crippen LogP) is 3.04. The first-order chi connectivity index (χ1) is 12.4. The van der Waals surface area contributed by atoms with E-state index in [4.69, 9.17) is 16.4 Å². The molecule has 2 aromatic carbocycles. The van der Waals surface area contributed by atoms with Crippen LogP contribution in [0.15, 0.2) is 58.3 Å². The van der Waals surface area contributed by atoms with Crippen LogP contribution < -0.4 is 5.32 Å². The van der Waals surface area contributed by atoms with E-state index >= 15 is 0 Å². The van der Waals surface area contributed by atoms with Crippen molar-refractivity contribution < 1.29 is 18.0 Å². The molecule has 26 heavy (non-hydrogen) atoms. The van der Waals surface area contributed by atoms with Gasteiger partial charge in [-0.1, -0.05) is 34.3 Å². The standard InChI is InChI=1S/C17H19ClN2O4S2/c1-20(24-2)26(22,23)14-8-9-16(18)15(12-14)17(21)19-10-11-25-13-6-4-3-5-7-13/h3-9,12H,10-11H2,1-2H3,(H,19,21). The second-order valence-corrected chi connectivity index (χ2v) is 8.67. The minimum atomic E-state index is -3.85. The fourth-order valence-corrected chi connectivity index (χ4v) is 4.02. The second-order valence-electron chi connectivity index (χ2n) is 5.16. The van der Waals surface area contributed by atoms with Gasteiger partial charge < -0.3 is 5.32 Å². The normalized spacial score (nSPS) is 11.5. The summed E-state index contributed by atoms with van der Waals surface area (Å²) in [7, 11) is -1.34. The number of sulfonamides is 1. The molecule has 0 bridgehead atoms. The van der Waals surface area contributed by atoms with E-state index in [0.29, 0.717) is 16.8 Å². The maximum Gasteiger partial charge on any atom is 0.264 e. The van der Waals surface area contributed by atoms with Gasteiger partial charge in [-0.25, -0.2) is 8.42 Å². The molecule has 9 heteroatoms. The number of thioether (sulfide) groups is 1. The van der Waals surface area contributed by atoms with Crippen LogP contribution in [-0.2, 0) is 14.9 Å². The Bertz CT molecular complexity index is 860. The molecule has 0 aromatic heterocycles. The van der Waals surface area contributed by atoms with Gasteiger partial charge in [0.05, 0.1) is 22.6 Å². The number of carbonyl (C=O) groups excluding carboxylic acids is 1. The Kier molecular flexibility index (Phi) is 7.48. The highest BCUT2D eigenvalue weighted by Crippen LogP contribution is 2.23. The maximum absolute atomic E-state index is 12.4. The van der Waals surface area contributed by atoms with Crippen molar-refractivity contribution in [1.82, 2.24) is 9.79 Å². The Morgan fingerprint density at radius 2 is 1.92 bits per heavy atom. The number of hydrogen-bond acceptors (Lipinski definition) is 5. The molecule has 2 aromatic rings. The SMILES string of the molecule is CON(C)S(=O)(=O)c1ccc(Cl)c(C(=O)NCCSc2ccccc2)c1. The van der Waals surface area contributed by atoms with Crippen LogP contribution in [0.1, 0.15) is 10.4 Å². The Balaban J connectivity index is 2.03. The first-order valence-corrected chi connectivity index (χ1v) is 10.4. The fraction of sp³-hybridized carbons (Fsp3) is 0.235. The molecule has 1 amide bonds. The van der Waals surface area contributed by atoms with Gasteiger partial charge in [-0.3, -0.25) is 9.63 Å². The van der Waals surface area contributed by atoms with Gasteiger partial charge in [-0.2, -0.15) is 0 Å². The van der Waals surface area contributed by atoms with Crippen molar-refractivity contribution >= 4 is 39.3 Å². The largest absolute Gasteiger partial charge is 0.351 e. The number of nitrogens with zero attached hydrogens (tertiary/aromatic N) is 1. The number of hydrogen-bond donors (Lipinski definition) is 1. The molecule has 0 heterocycles. The van der Waals surface area contributed by atoms with E-state index in [9.17, 15) is 13.2 Å². The van der Waals surface area contributed by atoms with Gasteiger partial charge in [0.15, 0.2) is 0 Å². The maximum atomic E-state index is 12.4. The summed E-state index contributed by atoms with van der Waals surface area (Å²) in [6, 6.07) is 13.8. The van der Waals surface area contributed by atoms with Crippen molar-refractivity contribution in [2.45, 2.75) is 9.79 Å². The molecule has 0 radical (unpaired) electrons. The van der Waals surface area contributed by atoms with Crippen LogP contribution in [0.25, 0.3) is 0 Å². The molecule has 0 saturated carbocycles. The van der Waals surface area contributed by atoms with Gasteiger partial charge >= 0.3 is 0 Å². The average Bonchev–Trinajstić information content (AvgIpc) is 2.65. The van der Waals surface area contributed by atoms with Crippen molar-refractivity contribution in [2.75, 3.05) is 26.5 Å². The Morgan fingerprint density at radius 1 is 1.23 bits per heavy atom. The Labute approximate surface area is 162 Å². The zero-order chi connectivity index (χ0) is 19.2. The lowest BCUT2D eigenvalue weighted by Gasteiger charge is -2.15. The van der Waals surface area contributed by atoms with Gasteiger partial charge in [0.2, 0.25) is 0 Å². The molecule has 0 spiro atoms. The number of rotatable bonds is 8. The minimum absolute atomic E-state index is 0.0740. The third-order valence-corrected chi connectivity index (χ3v) is 6.49. The Morgan fingerprint density at radius 3 is 2.58 bits per heavy atom. The topological polar surface area (TPSA) is 75.7 Å². The lowest BCUT2D eigenvalue weighted by Crippen LogP contribution is -2.28. The van der Waals surface area contributed by atoms with E-state index in [1.807, 2.05) is 30.3 Å². The van der Waals surface area contributed by atoms with Crippen molar-refractivity contribution in [3.8, 4) is 0 Å². The molecule has 140 valence electrons. The van der Waals surface area contributed by atoms with E-state index in [1.54, 1.807) is 11.8 Å². The molecule has 0 aliphatic carbocycles. The summed E-state index contributed by atoms with van der Waals surface area (Å²) in [6.45, 7) is 0.420. The summed E-state index contributed by atoms with van der Waals surface area (Å²) in [6.07, 6.45) is 0.